The third kappa shape index (κ3) is 3.71. The van der Waals surface area contributed by atoms with Crippen molar-refractivity contribution in [1.82, 2.24) is 4.98 Å². The molecule has 1 heterocycles. The highest BCUT2D eigenvalue weighted by Gasteiger charge is 2.09. The topological polar surface area (TPSA) is 77.2 Å². The van der Waals surface area contributed by atoms with Gasteiger partial charge < -0.3 is 10.5 Å². The van der Waals surface area contributed by atoms with E-state index in [1.807, 2.05) is 24.3 Å². The maximum absolute atomic E-state index is 11.8. The summed E-state index contributed by atoms with van der Waals surface area (Å²) in [6, 6.07) is 7.70. The van der Waals surface area contributed by atoms with Crippen LogP contribution in [0.5, 0.6) is 5.75 Å². The largest absolute Gasteiger partial charge is 0.484 e. The van der Waals surface area contributed by atoms with E-state index < -0.39 is 0 Å². The highest BCUT2D eigenvalue weighted by Crippen LogP contribution is 2.24. The van der Waals surface area contributed by atoms with Gasteiger partial charge in [-0.3, -0.25) is 10.1 Å². The molecule has 1 aromatic carbocycles. The normalized spacial score (nSPS) is 10.3. The summed E-state index contributed by atoms with van der Waals surface area (Å²) in [6.07, 6.45) is 0.932. The summed E-state index contributed by atoms with van der Waals surface area (Å²) in [7, 11) is 0. The highest BCUT2D eigenvalue weighted by atomic mass is 32.1. The third-order valence-electron chi connectivity index (χ3n) is 2.76. The van der Waals surface area contributed by atoms with E-state index in [0.29, 0.717) is 15.9 Å². The summed E-state index contributed by atoms with van der Waals surface area (Å²) in [6.45, 7) is 3.82. The van der Waals surface area contributed by atoms with Crippen molar-refractivity contribution < 1.29 is 9.53 Å². The van der Waals surface area contributed by atoms with Gasteiger partial charge in [-0.25, -0.2) is 4.98 Å². The second kappa shape index (κ2) is 6.38. The lowest BCUT2D eigenvalue weighted by Gasteiger charge is -2.06. The number of nitrogens with two attached hydrogens (primary N) is 1. The zero-order valence-corrected chi connectivity index (χ0v) is 12.3. The minimum Gasteiger partial charge on any atom is -0.484 e. The van der Waals surface area contributed by atoms with E-state index in [-0.39, 0.29) is 12.5 Å². The summed E-state index contributed by atoms with van der Waals surface area (Å²) >= 11 is 1.25. The number of ether oxygens (including phenoxy) is 1. The van der Waals surface area contributed by atoms with Gasteiger partial charge in [-0.15, -0.1) is 0 Å². The van der Waals surface area contributed by atoms with Crippen LogP contribution in [0, 0.1) is 6.92 Å². The molecule has 20 heavy (non-hydrogen) atoms. The number of aryl methyl sites for hydroxylation is 2. The summed E-state index contributed by atoms with van der Waals surface area (Å²) in [5.74, 6) is 0.440. The molecule has 2 aromatic rings. The Morgan fingerprint density at radius 2 is 2.30 bits per heavy atom. The van der Waals surface area contributed by atoms with Crippen LogP contribution in [0.25, 0.3) is 0 Å². The first kappa shape index (κ1) is 14.3. The summed E-state index contributed by atoms with van der Waals surface area (Å²) in [5, 5.41) is 3.77. The highest BCUT2D eigenvalue weighted by molar-refractivity contribution is 7.19. The van der Waals surface area contributed by atoms with E-state index in [1.165, 1.54) is 16.9 Å². The molecule has 2 rings (SSSR count). The zero-order valence-electron chi connectivity index (χ0n) is 11.5. The van der Waals surface area contributed by atoms with Gasteiger partial charge in [0.1, 0.15) is 10.8 Å². The number of nitrogens with one attached hydrogen (secondary N) is 1. The number of nitrogens with zero attached hydrogens (tertiary/aromatic N) is 1. The van der Waals surface area contributed by atoms with Gasteiger partial charge in [0.2, 0.25) is 0 Å². The van der Waals surface area contributed by atoms with Gasteiger partial charge in [0.05, 0.1) is 5.69 Å². The number of carbonyl (C=O) groups excluding carboxylic acids is 1. The molecule has 0 saturated heterocycles. The van der Waals surface area contributed by atoms with Crippen LogP contribution in [-0.4, -0.2) is 17.5 Å². The SMILES string of the molecule is CCc1cccc(OCC(=O)Nc2nc(C)c(N)s2)c1. The van der Waals surface area contributed by atoms with Crippen LogP contribution in [0.2, 0.25) is 0 Å². The van der Waals surface area contributed by atoms with Crippen LogP contribution in [-0.2, 0) is 11.2 Å². The maximum atomic E-state index is 11.8. The minimum absolute atomic E-state index is 0.0499. The first-order valence-electron chi connectivity index (χ1n) is 6.33. The molecule has 0 fully saturated rings. The Bertz CT molecular complexity index is 591. The Hall–Kier alpha value is -2.08. The molecule has 0 spiro atoms. The smallest absolute Gasteiger partial charge is 0.264 e. The van der Waals surface area contributed by atoms with Crippen molar-refractivity contribution in [3.8, 4) is 5.75 Å². The van der Waals surface area contributed by atoms with Gasteiger partial charge in [-0.05, 0) is 31.0 Å². The van der Waals surface area contributed by atoms with Gasteiger partial charge in [0.15, 0.2) is 11.7 Å². The fourth-order valence-corrected chi connectivity index (χ4v) is 2.37. The monoisotopic (exact) mass is 291 g/mol. The molecule has 0 bridgehead atoms. The molecule has 1 aromatic heterocycles. The van der Waals surface area contributed by atoms with E-state index in [2.05, 4.69) is 17.2 Å². The molecule has 0 aliphatic carbocycles. The van der Waals surface area contributed by atoms with Crippen molar-refractivity contribution in [1.29, 1.82) is 0 Å². The maximum Gasteiger partial charge on any atom is 0.264 e. The Morgan fingerprint density at radius 3 is 2.95 bits per heavy atom. The van der Waals surface area contributed by atoms with Crippen molar-refractivity contribution in [3.63, 3.8) is 0 Å². The number of aromatic nitrogens is 1. The third-order valence-corrected chi connectivity index (χ3v) is 3.66. The predicted octanol–water partition coefficient (Wildman–Crippen LogP) is 2.61. The molecular formula is C14H17N3O2S. The lowest BCUT2D eigenvalue weighted by molar-refractivity contribution is -0.118. The molecule has 0 unspecified atom stereocenters. The van der Waals surface area contributed by atoms with Crippen LogP contribution in [0.4, 0.5) is 10.1 Å². The van der Waals surface area contributed by atoms with Crippen molar-refractivity contribution in [2.24, 2.45) is 0 Å². The number of benzene rings is 1. The number of hydrogen-bond donors (Lipinski definition) is 2. The Morgan fingerprint density at radius 1 is 1.50 bits per heavy atom. The van der Waals surface area contributed by atoms with Gasteiger partial charge in [-0.1, -0.05) is 30.4 Å². The number of carbonyl (C=O) groups is 1. The fourth-order valence-electron chi connectivity index (χ4n) is 1.62. The van der Waals surface area contributed by atoms with Crippen LogP contribution in [0.15, 0.2) is 24.3 Å². The molecule has 0 aliphatic heterocycles. The average Bonchev–Trinajstić information content (AvgIpc) is 2.75. The number of thiazole rings is 1. The van der Waals surface area contributed by atoms with Crippen molar-refractivity contribution in [2.75, 3.05) is 17.7 Å². The van der Waals surface area contributed by atoms with E-state index in [1.54, 1.807) is 6.92 Å². The molecule has 0 aliphatic rings. The molecule has 0 atom stereocenters. The Balaban J connectivity index is 1.88. The van der Waals surface area contributed by atoms with E-state index in [0.717, 1.165) is 12.1 Å². The van der Waals surface area contributed by atoms with Crippen molar-refractivity contribution in [3.05, 3.63) is 35.5 Å². The number of nitrogen functional groups attached to an aromatic ring is 1. The minimum atomic E-state index is -0.249. The molecule has 6 heteroatoms. The van der Waals surface area contributed by atoms with E-state index in [9.17, 15) is 4.79 Å². The molecule has 3 N–H and O–H groups in total. The van der Waals surface area contributed by atoms with Crippen molar-refractivity contribution >= 4 is 27.4 Å². The van der Waals surface area contributed by atoms with Crippen LogP contribution in [0.3, 0.4) is 0 Å². The first-order valence-corrected chi connectivity index (χ1v) is 7.14. The molecule has 0 radical (unpaired) electrons. The number of rotatable bonds is 5. The molecule has 1 amide bonds. The lowest BCUT2D eigenvalue weighted by Crippen LogP contribution is -2.20. The van der Waals surface area contributed by atoms with Crippen LogP contribution >= 0.6 is 11.3 Å². The lowest BCUT2D eigenvalue weighted by atomic mass is 10.2. The molecule has 0 saturated carbocycles. The van der Waals surface area contributed by atoms with E-state index >= 15 is 0 Å². The molecule has 106 valence electrons. The quantitative estimate of drug-likeness (QED) is 0.887. The fraction of sp³-hybridized carbons (Fsp3) is 0.286. The molecule has 5 nitrogen and oxygen atoms in total. The van der Waals surface area contributed by atoms with Crippen molar-refractivity contribution in [2.45, 2.75) is 20.3 Å². The number of anilines is 2. The average molecular weight is 291 g/mol. The van der Waals surface area contributed by atoms with Crippen LogP contribution in [0.1, 0.15) is 18.2 Å². The summed E-state index contributed by atoms with van der Waals surface area (Å²) < 4.78 is 5.45. The second-order valence-corrected chi connectivity index (χ2v) is 5.34. The number of amides is 1. The zero-order chi connectivity index (χ0) is 14.5. The summed E-state index contributed by atoms with van der Waals surface area (Å²) in [4.78, 5) is 15.9. The van der Waals surface area contributed by atoms with Gasteiger partial charge in [0.25, 0.3) is 5.91 Å². The second-order valence-electron chi connectivity index (χ2n) is 4.31. The Labute approximate surface area is 121 Å². The van der Waals surface area contributed by atoms with Gasteiger partial charge in [0, 0.05) is 0 Å². The first-order chi connectivity index (χ1) is 9.58. The summed E-state index contributed by atoms with van der Waals surface area (Å²) in [5.41, 5.74) is 7.58. The Kier molecular flexibility index (Phi) is 4.57. The standard InChI is InChI=1S/C14H17N3O2S/c1-3-10-5-4-6-11(7-10)19-8-12(18)17-14-16-9(2)13(15)20-14/h4-7H,3,8,15H2,1-2H3,(H,16,17,18). The van der Waals surface area contributed by atoms with Gasteiger partial charge in [-0.2, -0.15) is 0 Å². The number of hydrogen-bond acceptors (Lipinski definition) is 5. The predicted molar refractivity (Wildman–Crippen MR) is 81.2 cm³/mol. The van der Waals surface area contributed by atoms with E-state index in [4.69, 9.17) is 10.5 Å². The van der Waals surface area contributed by atoms with Crippen LogP contribution < -0.4 is 15.8 Å². The van der Waals surface area contributed by atoms with Gasteiger partial charge >= 0.3 is 0 Å². The molecular weight excluding hydrogens is 274 g/mol.